The van der Waals surface area contributed by atoms with Gasteiger partial charge in [-0.3, -0.25) is 4.79 Å². The highest BCUT2D eigenvalue weighted by Crippen LogP contribution is 2.18. The minimum absolute atomic E-state index is 0.0411. The summed E-state index contributed by atoms with van der Waals surface area (Å²) in [6, 6.07) is 7.92. The summed E-state index contributed by atoms with van der Waals surface area (Å²) in [5.41, 5.74) is 2.20. The average molecular weight is 273 g/mol. The van der Waals surface area contributed by atoms with Gasteiger partial charge in [0.1, 0.15) is 0 Å². The molecule has 2 aromatic rings. The van der Waals surface area contributed by atoms with Crippen LogP contribution in [-0.2, 0) is 16.0 Å². The zero-order chi connectivity index (χ0) is 14.5. The van der Waals surface area contributed by atoms with Gasteiger partial charge in [-0.25, -0.2) is 0 Å². The number of carboxylic acid groups (broad SMARTS) is 1. The van der Waals surface area contributed by atoms with Gasteiger partial charge < -0.3 is 20.2 Å². The van der Waals surface area contributed by atoms with E-state index < -0.39 is 5.97 Å². The lowest BCUT2D eigenvalue weighted by molar-refractivity contribution is -0.305. The normalized spacial score (nSPS) is 12.2. The predicted octanol–water partition coefficient (Wildman–Crippen LogP) is 0.745. The van der Waals surface area contributed by atoms with Gasteiger partial charge >= 0.3 is 0 Å². The van der Waals surface area contributed by atoms with Crippen LogP contribution in [0.25, 0.3) is 10.9 Å². The maximum atomic E-state index is 11.5. The third-order valence-electron chi connectivity index (χ3n) is 3.16. The van der Waals surface area contributed by atoms with Crippen LogP contribution in [0.2, 0.25) is 0 Å². The van der Waals surface area contributed by atoms with Gasteiger partial charge in [0.15, 0.2) is 0 Å². The Morgan fingerprint density at radius 1 is 1.30 bits per heavy atom. The summed E-state index contributed by atoms with van der Waals surface area (Å²) < 4.78 is 0. The average Bonchev–Trinajstić information content (AvgIpc) is 2.80. The van der Waals surface area contributed by atoms with E-state index in [1.807, 2.05) is 37.4 Å². The van der Waals surface area contributed by atoms with E-state index in [1.54, 1.807) is 0 Å². The van der Waals surface area contributed by atoms with Crippen molar-refractivity contribution in [2.45, 2.75) is 32.2 Å². The summed E-state index contributed by atoms with van der Waals surface area (Å²) in [7, 11) is 0. The Hall–Kier alpha value is -2.30. The lowest BCUT2D eigenvalue weighted by atomic mass is 10.1. The first-order chi connectivity index (χ1) is 9.56. The van der Waals surface area contributed by atoms with E-state index in [0.29, 0.717) is 6.42 Å². The number of aromatic nitrogens is 1. The second-order valence-electron chi connectivity index (χ2n) is 4.90. The lowest BCUT2D eigenvalue weighted by Crippen LogP contribution is -2.35. The number of amides is 1. The molecule has 0 spiro atoms. The number of rotatable bonds is 6. The molecule has 1 aromatic heterocycles. The Morgan fingerprint density at radius 3 is 2.80 bits per heavy atom. The molecule has 5 nitrogen and oxygen atoms in total. The fourth-order valence-electron chi connectivity index (χ4n) is 2.24. The molecule has 1 atom stereocenters. The molecule has 0 saturated heterocycles. The van der Waals surface area contributed by atoms with E-state index >= 15 is 0 Å². The van der Waals surface area contributed by atoms with E-state index in [4.69, 9.17) is 0 Å². The van der Waals surface area contributed by atoms with E-state index in [9.17, 15) is 14.7 Å². The topological polar surface area (TPSA) is 85.0 Å². The number of hydrogen-bond acceptors (Lipinski definition) is 3. The Morgan fingerprint density at radius 2 is 2.05 bits per heavy atom. The summed E-state index contributed by atoms with van der Waals surface area (Å²) in [6.45, 7) is 1.90. The highest BCUT2D eigenvalue weighted by Gasteiger charge is 2.10. The number of carbonyl (C=O) groups is 2. The molecule has 0 radical (unpaired) electrons. The summed E-state index contributed by atoms with van der Waals surface area (Å²) in [5, 5.41) is 14.2. The molecule has 1 amide bonds. The second-order valence-corrected chi connectivity index (χ2v) is 4.90. The quantitative estimate of drug-likeness (QED) is 0.814. The predicted molar refractivity (Wildman–Crippen MR) is 73.8 cm³/mol. The van der Waals surface area contributed by atoms with Crippen LogP contribution in [0.3, 0.4) is 0 Å². The molecule has 0 aliphatic carbocycles. The molecule has 20 heavy (non-hydrogen) atoms. The van der Waals surface area contributed by atoms with Crippen molar-refractivity contribution in [2.75, 3.05) is 0 Å². The van der Waals surface area contributed by atoms with Crippen molar-refractivity contribution in [1.82, 2.24) is 10.3 Å². The van der Waals surface area contributed by atoms with Gasteiger partial charge in [0.05, 0.1) is 0 Å². The van der Waals surface area contributed by atoms with Crippen molar-refractivity contribution in [3.05, 3.63) is 36.0 Å². The molecule has 1 aromatic carbocycles. The van der Waals surface area contributed by atoms with Crippen LogP contribution in [0.15, 0.2) is 30.5 Å². The monoisotopic (exact) mass is 273 g/mol. The molecule has 0 aliphatic rings. The zero-order valence-electron chi connectivity index (χ0n) is 11.3. The Bertz CT molecular complexity index is 618. The Kier molecular flexibility index (Phi) is 4.40. The Labute approximate surface area is 117 Å². The fraction of sp³-hybridized carbons (Fsp3) is 0.333. The molecule has 0 unspecified atom stereocenters. The Balaban J connectivity index is 1.92. The number of benzene rings is 1. The van der Waals surface area contributed by atoms with E-state index in [-0.39, 0.29) is 24.8 Å². The van der Waals surface area contributed by atoms with Gasteiger partial charge in [0, 0.05) is 35.5 Å². The van der Waals surface area contributed by atoms with Crippen LogP contribution >= 0.6 is 0 Å². The molecule has 106 valence electrons. The summed E-state index contributed by atoms with van der Waals surface area (Å²) in [6.07, 6.45) is 2.35. The molecule has 1 heterocycles. The number of aliphatic carboxylic acids is 1. The maximum absolute atomic E-state index is 11.5. The minimum atomic E-state index is -1.20. The number of para-hydroxylation sites is 1. The largest absolute Gasteiger partial charge is 0.550 e. The van der Waals surface area contributed by atoms with Crippen molar-refractivity contribution in [2.24, 2.45) is 0 Å². The van der Waals surface area contributed by atoms with Gasteiger partial charge in [-0.1, -0.05) is 18.2 Å². The summed E-state index contributed by atoms with van der Waals surface area (Å²) in [4.78, 5) is 25.0. The van der Waals surface area contributed by atoms with E-state index in [2.05, 4.69) is 10.3 Å². The van der Waals surface area contributed by atoms with Crippen LogP contribution in [0, 0.1) is 0 Å². The smallest absolute Gasteiger partial charge is 0.220 e. The molecule has 5 heteroatoms. The minimum Gasteiger partial charge on any atom is -0.550 e. The highest BCUT2D eigenvalue weighted by molar-refractivity contribution is 5.83. The third kappa shape index (κ3) is 3.60. The number of H-pyrrole nitrogens is 1. The molecule has 0 saturated carbocycles. The van der Waals surface area contributed by atoms with Crippen molar-refractivity contribution >= 4 is 22.8 Å². The first kappa shape index (κ1) is 14.1. The number of carbonyl (C=O) groups excluding carboxylic acids is 2. The fourth-order valence-corrected chi connectivity index (χ4v) is 2.24. The molecule has 0 bridgehead atoms. The standard InChI is InChI=1S/C15H18N2O3/c1-10(17-14(18)6-7-15(19)20)8-11-9-16-13-5-3-2-4-12(11)13/h2-5,9-10,16H,6-8H2,1H3,(H,17,18)(H,19,20)/p-1/t10-/m1/s1. The molecule has 2 rings (SSSR count). The van der Waals surface area contributed by atoms with Crippen LogP contribution in [0.1, 0.15) is 25.3 Å². The first-order valence-electron chi connectivity index (χ1n) is 6.60. The second kappa shape index (κ2) is 6.23. The molecule has 0 fully saturated rings. The number of aromatic amines is 1. The van der Waals surface area contributed by atoms with Crippen molar-refractivity contribution < 1.29 is 14.7 Å². The maximum Gasteiger partial charge on any atom is 0.220 e. The first-order valence-corrected chi connectivity index (χ1v) is 6.60. The summed E-state index contributed by atoms with van der Waals surface area (Å²) in [5.74, 6) is -1.47. The lowest BCUT2D eigenvalue weighted by Gasteiger charge is -2.13. The van der Waals surface area contributed by atoms with E-state index in [0.717, 1.165) is 16.5 Å². The molecule has 0 aliphatic heterocycles. The molecule has 2 N–H and O–H groups in total. The van der Waals surface area contributed by atoms with Crippen LogP contribution < -0.4 is 10.4 Å². The van der Waals surface area contributed by atoms with Crippen molar-refractivity contribution in [3.63, 3.8) is 0 Å². The van der Waals surface area contributed by atoms with Gasteiger partial charge in [0.25, 0.3) is 0 Å². The number of hydrogen-bond donors (Lipinski definition) is 2. The van der Waals surface area contributed by atoms with Gasteiger partial charge in [-0.15, -0.1) is 0 Å². The van der Waals surface area contributed by atoms with Gasteiger partial charge in [-0.05, 0) is 31.4 Å². The SMILES string of the molecule is C[C@H](Cc1c[nH]c2ccccc12)NC(=O)CCC(=O)[O-]. The van der Waals surface area contributed by atoms with Crippen LogP contribution in [0.5, 0.6) is 0 Å². The number of nitrogens with one attached hydrogen (secondary N) is 2. The highest BCUT2D eigenvalue weighted by atomic mass is 16.4. The number of carboxylic acids is 1. The zero-order valence-corrected chi connectivity index (χ0v) is 11.3. The number of fused-ring (bicyclic) bond motifs is 1. The van der Waals surface area contributed by atoms with Crippen molar-refractivity contribution in [3.8, 4) is 0 Å². The van der Waals surface area contributed by atoms with E-state index in [1.165, 1.54) is 0 Å². The van der Waals surface area contributed by atoms with Gasteiger partial charge in [0.2, 0.25) is 5.91 Å². The van der Waals surface area contributed by atoms with Crippen LogP contribution in [0.4, 0.5) is 0 Å². The van der Waals surface area contributed by atoms with Crippen LogP contribution in [-0.4, -0.2) is 22.9 Å². The third-order valence-corrected chi connectivity index (χ3v) is 3.16. The molecular formula is C15H17N2O3-. The summed E-state index contributed by atoms with van der Waals surface area (Å²) >= 11 is 0. The van der Waals surface area contributed by atoms with Gasteiger partial charge in [-0.2, -0.15) is 0 Å². The van der Waals surface area contributed by atoms with Crippen molar-refractivity contribution in [1.29, 1.82) is 0 Å². The molecular weight excluding hydrogens is 256 g/mol.